The van der Waals surface area contributed by atoms with Gasteiger partial charge in [-0.15, -0.1) is 0 Å². The Morgan fingerprint density at radius 1 is 1.08 bits per heavy atom. The molecule has 25 heavy (non-hydrogen) atoms. The average Bonchev–Trinajstić information content (AvgIpc) is 2.57. The van der Waals surface area contributed by atoms with Crippen LogP contribution < -0.4 is 10.6 Å². The Morgan fingerprint density at radius 3 is 2.24 bits per heavy atom. The number of carbonyl (C=O) groups is 2. The molecule has 130 valence electrons. The predicted molar refractivity (Wildman–Crippen MR) is 96.0 cm³/mol. The first kappa shape index (κ1) is 18.4. The predicted octanol–water partition coefficient (Wildman–Crippen LogP) is 4.24. The second-order valence-corrected chi connectivity index (χ2v) is 5.66. The Labute approximate surface area is 149 Å². The third-order valence-corrected chi connectivity index (χ3v) is 3.64. The Kier molecular flexibility index (Phi) is 6.08. The molecule has 0 saturated heterocycles. The quantitative estimate of drug-likeness (QED) is 0.593. The number of hydrogen-bond donors (Lipinski definition) is 2. The van der Waals surface area contributed by atoms with Gasteiger partial charge < -0.3 is 10.6 Å². The van der Waals surface area contributed by atoms with Gasteiger partial charge in [-0.1, -0.05) is 18.5 Å². The number of halogens is 1. The largest absolute Gasteiger partial charge is 0.326 e. The Hall–Kier alpha value is -2.93. The molecule has 0 unspecified atom stereocenters. The maximum Gasteiger partial charge on any atom is 0.270 e. The smallest absolute Gasteiger partial charge is 0.270 e. The second kappa shape index (κ2) is 8.25. The van der Waals surface area contributed by atoms with Crippen LogP contribution in [0.1, 0.15) is 30.1 Å². The first-order valence-corrected chi connectivity index (χ1v) is 7.93. The van der Waals surface area contributed by atoms with E-state index in [4.69, 9.17) is 11.6 Å². The van der Waals surface area contributed by atoms with Crippen molar-refractivity contribution in [2.45, 2.75) is 19.8 Å². The monoisotopic (exact) mass is 361 g/mol. The number of anilines is 2. The molecule has 0 heterocycles. The molecule has 0 aliphatic heterocycles. The average molecular weight is 362 g/mol. The third kappa shape index (κ3) is 5.02. The standard InChI is InChI=1S/C17H16ClN3O4/c1-2-3-16(22)19-11-4-6-12(7-5-11)20-17(23)14-10-13(21(24)25)8-9-15(14)18/h4-10H,2-3H2,1H3,(H,19,22)(H,20,23). The number of benzene rings is 2. The minimum atomic E-state index is -0.596. The zero-order valence-corrected chi connectivity index (χ0v) is 14.2. The van der Waals surface area contributed by atoms with Crippen molar-refractivity contribution >= 4 is 40.5 Å². The van der Waals surface area contributed by atoms with Gasteiger partial charge in [0.15, 0.2) is 0 Å². The molecule has 2 aromatic rings. The van der Waals surface area contributed by atoms with Crippen LogP contribution in [0, 0.1) is 10.1 Å². The number of nitrogens with one attached hydrogen (secondary N) is 2. The van der Waals surface area contributed by atoms with E-state index in [9.17, 15) is 19.7 Å². The zero-order valence-electron chi connectivity index (χ0n) is 13.4. The SMILES string of the molecule is CCCC(=O)Nc1ccc(NC(=O)c2cc([N+](=O)[O-])ccc2Cl)cc1. The summed E-state index contributed by atoms with van der Waals surface area (Å²) in [6.45, 7) is 1.91. The van der Waals surface area contributed by atoms with Crippen LogP contribution in [0.3, 0.4) is 0 Å². The molecule has 0 saturated carbocycles. The molecule has 2 amide bonds. The number of rotatable bonds is 6. The molecule has 0 aliphatic carbocycles. The van der Waals surface area contributed by atoms with Crippen molar-refractivity contribution in [1.29, 1.82) is 0 Å². The molecule has 0 fully saturated rings. The van der Waals surface area contributed by atoms with Crippen LogP contribution in [0.25, 0.3) is 0 Å². The summed E-state index contributed by atoms with van der Waals surface area (Å²) in [5.74, 6) is -0.640. The highest BCUT2D eigenvalue weighted by atomic mass is 35.5. The highest BCUT2D eigenvalue weighted by Gasteiger charge is 2.16. The van der Waals surface area contributed by atoms with E-state index in [2.05, 4.69) is 10.6 Å². The van der Waals surface area contributed by atoms with Crippen LogP contribution in [0.15, 0.2) is 42.5 Å². The van der Waals surface area contributed by atoms with Crippen molar-refractivity contribution < 1.29 is 14.5 Å². The van der Waals surface area contributed by atoms with Crippen molar-refractivity contribution in [1.82, 2.24) is 0 Å². The van der Waals surface area contributed by atoms with Crippen LogP contribution in [0.4, 0.5) is 17.1 Å². The number of non-ortho nitro benzene ring substituents is 1. The Balaban J connectivity index is 2.09. The lowest BCUT2D eigenvalue weighted by molar-refractivity contribution is -0.384. The maximum atomic E-state index is 12.3. The van der Waals surface area contributed by atoms with Gasteiger partial charge in [0.05, 0.1) is 15.5 Å². The van der Waals surface area contributed by atoms with E-state index < -0.39 is 10.8 Å². The van der Waals surface area contributed by atoms with Crippen molar-refractivity contribution in [3.05, 3.63) is 63.2 Å². The van der Waals surface area contributed by atoms with Crippen LogP contribution in [-0.2, 0) is 4.79 Å². The second-order valence-electron chi connectivity index (χ2n) is 5.25. The Bertz CT molecular complexity index is 806. The maximum absolute atomic E-state index is 12.3. The lowest BCUT2D eigenvalue weighted by atomic mass is 10.1. The van der Waals surface area contributed by atoms with Gasteiger partial charge in [0.25, 0.3) is 11.6 Å². The number of amides is 2. The summed E-state index contributed by atoms with van der Waals surface area (Å²) < 4.78 is 0. The number of carbonyl (C=O) groups excluding carboxylic acids is 2. The lowest BCUT2D eigenvalue weighted by Crippen LogP contribution is -2.13. The van der Waals surface area contributed by atoms with Crippen molar-refractivity contribution in [2.75, 3.05) is 10.6 Å². The molecule has 0 aromatic heterocycles. The summed E-state index contributed by atoms with van der Waals surface area (Å²) in [6.07, 6.45) is 1.19. The molecule has 0 bridgehead atoms. The number of nitrogens with zero attached hydrogens (tertiary/aromatic N) is 1. The van der Waals surface area contributed by atoms with E-state index in [0.29, 0.717) is 17.8 Å². The molecule has 7 nitrogen and oxygen atoms in total. The fraction of sp³-hybridized carbons (Fsp3) is 0.176. The van der Waals surface area contributed by atoms with Crippen LogP contribution in [0.5, 0.6) is 0 Å². The summed E-state index contributed by atoms with van der Waals surface area (Å²) >= 11 is 5.94. The summed E-state index contributed by atoms with van der Waals surface area (Å²) in [6, 6.07) is 10.2. The van der Waals surface area contributed by atoms with E-state index in [1.54, 1.807) is 24.3 Å². The van der Waals surface area contributed by atoms with Crippen LogP contribution in [0.2, 0.25) is 5.02 Å². The Morgan fingerprint density at radius 2 is 1.68 bits per heavy atom. The first-order valence-electron chi connectivity index (χ1n) is 7.56. The van der Waals surface area contributed by atoms with Crippen LogP contribution >= 0.6 is 11.6 Å². The van der Waals surface area contributed by atoms with E-state index in [1.807, 2.05) is 6.92 Å². The first-order chi connectivity index (χ1) is 11.9. The highest BCUT2D eigenvalue weighted by molar-refractivity contribution is 6.34. The molecule has 8 heteroatoms. The molecule has 2 rings (SSSR count). The number of nitro benzene ring substituents is 1. The summed E-state index contributed by atoms with van der Waals surface area (Å²) in [5.41, 5.74) is 0.880. The topological polar surface area (TPSA) is 101 Å². The molecule has 2 aromatic carbocycles. The third-order valence-electron chi connectivity index (χ3n) is 3.31. The molecular weight excluding hydrogens is 346 g/mol. The van der Waals surface area contributed by atoms with Gasteiger partial charge in [-0.3, -0.25) is 19.7 Å². The van der Waals surface area contributed by atoms with Gasteiger partial charge in [-0.05, 0) is 36.8 Å². The fourth-order valence-electron chi connectivity index (χ4n) is 2.09. The summed E-state index contributed by atoms with van der Waals surface area (Å²) in [5, 5.41) is 16.3. The van der Waals surface area contributed by atoms with Crippen molar-refractivity contribution in [2.24, 2.45) is 0 Å². The minimum absolute atomic E-state index is 0.0104. The number of hydrogen-bond acceptors (Lipinski definition) is 4. The van der Waals surface area contributed by atoms with Gasteiger partial charge in [-0.2, -0.15) is 0 Å². The van der Waals surface area contributed by atoms with E-state index >= 15 is 0 Å². The molecular formula is C17H16ClN3O4. The zero-order chi connectivity index (χ0) is 18.4. The van der Waals surface area contributed by atoms with E-state index in [0.717, 1.165) is 12.5 Å². The van der Waals surface area contributed by atoms with Crippen molar-refractivity contribution in [3.8, 4) is 0 Å². The summed E-state index contributed by atoms with van der Waals surface area (Å²) in [7, 11) is 0. The highest BCUT2D eigenvalue weighted by Crippen LogP contribution is 2.23. The van der Waals surface area contributed by atoms with Crippen molar-refractivity contribution in [3.63, 3.8) is 0 Å². The number of nitro groups is 1. The molecule has 0 spiro atoms. The molecule has 0 atom stereocenters. The van der Waals surface area contributed by atoms with Crippen LogP contribution in [-0.4, -0.2) is 16.7 Å². The van der Waals surface area contributed by atoms with E-state index in [1.165, 1.54) is 12.1 Å². The molecule has 0 aliphatic rings. The lowest BCUT2D eigenvalue weighted by Gasteiger charge is -2.08. The molecule has 0 radical (unpaired) electrons. The molecule has 2 N–H and O–H groups in total. The minimum Gasteiger partial charge on any atom is -0.326 e. The van der Waals surface area contributed by atoms with Gasteiger partial charge in [-0.25, -0.2) is 0 Å². The normalized spacial score (nSPS) is 10.2. The van der Waals surface area contributed by atoms with Gasteiger partial charge >= 0.3 is 0 Å². The van der Waals surface area contributed by atoms with Gasteiger partial charge in [0, 0.05) is 29.9 Å². The van der Waals surface area contributed by atoms with E-state index in [-0.39, 0.29) is 22.2 Å². The summed E-state index contributed by atoms with van der Waals surface area (Å²) in [4.78, 5) is 34.0. The fourth-order valence-corrected chi connectivity index (χ4v) is 2.29. The van der Waals surface area contributed by atoms with Gasteiger partial charge in [0.1, 0.15) is 0 Å². The van der Waals surface area contributed by atoms with Gasteiger partial charge in [0.2, 0.25) is 5.91 Å².